The van der Waals surface area contributed by atoms with Crippen LogP contribution in [0.25, 0.3) is 0 Å². The lowest BCUT2D eigenvalue weighted by Crippen LogP contribution is -2.50. The predicted molar refractivity (Wildman–Crippen MR) is 123 cm³/mol. The molecule has 0 aromatic heterocycles. The monoisotopic (exact) mass is 492 g/mol. The number of benzene rings is 2. The Hall–Kier alpha value is -2.47. The van der Waals surface area contributed by atoms with Gasteiger partial charge in [-0.1, -0.05) is 83.7 Å². The normalized spacial score (nSPS) is 30.7. The Morgan fingerprint density at radius 1 is 0.938 bits per heavy atom. The van der Waals surface area contributed by atoms with Crippen LogP contribution >= 0.6 is 15.9 Å². The summed E-state index contributed by atoms with van der Waals surface area (Å²) in [5.74, 6) is -1.92. The molecule has 32 heavy (non-hydrogen) atoms. The van der Waals surface area contributed by atoms with Crippen LogP contribution in [0, 0.1) is 11.8 Å². The molecule has 0 spiro atoms. The van der Waals surface area contributed by atoms with Crippen LogP contribution < -0.4 is 5.32 Å². The van der Waals surface area contributed by atoms with Gasteiger partial charge in [0.1, 0.15) is 6.54 Å². The summed E-state index contributed by atoms with van der Waals surface area (Å²) >= 11 is 3.98. The third kappa shape index (κ3) is 2.65. The Labute approximate surface area is 195 Å². The lowest BCUT2D eigenvalue weighted by molar-refractivity contribution is -0.144. The number of amides is 3. The highest BCUT2D eigenvalue weighted by atomic mass is 79.9. The molecule has 2 bridgehead atoms. The van der Waals surface area contributed by atoms with Crippen LogP contribution in [0.3, 0.4) is 0 Å². The van der Waals surface area contributed by atoms with Crippen LogP contribution in [-0.4, -0.2) is 35.2 Å². The molecule has 6 heteroatoms. The van der Waals surface area contributed by atoms with Gasteiger partial charge >= 0.3 is 0 Å². The molecule has 5 aliphatic rings. The lowest BCUT2D eigenvalue weighted by Gasteiger charge is -2.51. The third-order valence-electron chi connectivity index (χ3n) is 7.88. The molecule has 3 amide bonds. The van der Waals surface area contributed by atoms with E-state index < -0.39 is 16.2 Å². The van der Waals surface area contributed by atoms with Crippen molar-refractivity contribution in [2.75, 3.05) is 6.54 Å². The van der Waals surface area contributed by atoms with Gasteiger partial charge in [0, 0.05) is 12.0 Å². The number of rotatable bonds is 3. The molecule has 2 aromatic rings. The summed E-state index contributed by atoms with van der Waals surface area (Å²) in [5.41, 5.74) is 4.30. The molecule has 7 rings (SSSR count). The summed E-state index contributed by atoms with van der Waals surface area (Å²) in [6.45, 7) is -0.191. The molecule has 1 N–H and O–H groups in total. The number of nitrogens with one attached hydrogen (secondary N) is 1. The fourth-order valence-corrected chi connectivity index (χ4v) is 7.76. The quantitative estimate of drug-likeness (QED) is 0.522. The van der Waals surface area contributed by atoms with Gasteiger partial charge in [-0.05, 0) is 35.1 Å². The molecular weight excluding hydrogens is 468 g/mol. The van der Waals surface area contributed by atoms with Crippen LogP contribution in [0.2, 0.25) is 0 Å². The van der Waals surface area contributed by atoms with Crippen molar-refractivity contribution in [1.29, 1.82) is 0 Å². The molecule has 0 radical (unpaired) electrons. The van der Waals surface area contributed by atoms with Crippen molar-refractivity contribution >= 4 is 33.7 Å². The van der Waals surface area contributed by atoms with Crippen molar-refractivity contribution in [3.8, 4) is 0 Å². The number of carbonyl (C=O) groups excluding carboxylic acids is 3. The van der Waals surface area contributed by atoms with Gasteiger partial charge in [0.2, 0.25) is 17.7 Å². The van der Waals surface area contributed by atoms with Crippen LogP contribution in [0.15, 0.2) is 48.5 Å². The minimum atomic E-state index is -0.763. The fraction of sp³-hybridized carbons (Fsp3) is 0.423. The fourth-order valence-electron chi connectivity index (χ4n) is 6.56. The maximum atomic E-state index is 13.7. The highest BCUT2D eigenvalue weighted by molar-refractivity contribution is 9.09. The zero-order valence-corrected chi connectivity index (χ0v) is 19.3. The Kier molecular flexibility index (Phi) is 4.58. The molecule has 164 valence electrons. The molecule has 1 aliphatic heterocycles. The highest BCUT2D eigenvalue weighted by Gasteiger charge is 2.67. The summed E-state index contributed by atoms with van der Waals surface area (Å²) in [7, 11) is 0. The Balaban J connectivity index is 1.37. The van der Waals surface area contributed by atoms with Crippen molar-refractivity contribution in [2.45, 2.75) is 48.4 Å². The van der Waals surface area contributed by atoms with Crippen molar-refractivity contribution in [3.63, 3.8) is 0 Å². The molecule has 4 aliphatic carbocycles. The smallest absolute Gasteiger partial charge is 0.240 e. The van der Waals surface area contributed by atoms with E-state index in [-0.39, 0.29) is 36.2 Å². The van der Waals surface area contributed by atoms with Gasteiger partial charge in [-0.3, -0.25) is 19.3 Å². The van der Waals surface area contributed by atoms with Gasteiger partial charge in [-0.25, -0.2) is 0 Å². The van der Waals surface area contributed by atoms with E-state index in [4.69, 9.17) is 0 Å². The number of nitrogens with zero attached hydrogens (tertiary/aromatic N) is 1. The van der Waals surface area contributed by atoms with E-state index in [0.717, 1.165) is 47.9 Å². The van der Waals surface area contributed by atoms with E-state index >= 15 is 0 Å². The number of carbonyl (C=O) groups is 3. The van der Waals surface area contributed by atoms with Crippen molar-refractivity contribution < 1.29 is 14.4 Å². The van der Waals surface area contributed by atoms with Crippen LogP contribution in [0.1, 0.15) is 60.3 Å². The molecule has 1 saturated carbocycles. The first-order valence-corrected chi connectivity index (χ1v) is 12.3. The Morgan fingerprint density at radius 2 is 1.53 bits per heavy atom. The number of hydrogen-bond acceptors (Lipinski definition) is 3. The molecular formula is C26H25BrN2O3. The van der Waals surface area contributed by atoms with Crippen LogP contribution in [0.4, 0.5) is 0 Å². The van der Waals surface area contributed by atoms with E-state index in [9.17, 15) is 14.4 Å². The van der Waals surface area contributed by atoms with Gasteiger partial charge in [0.25, 0.3) is 0 Å². The van der Waals surface area contributed by atoms with Gasteiger partial charge < -0.3 is 5.32 Å². The topological polar surface area (TPSA) is 66.5 Å². The molecule has 0 unspecified atom stereocenters. The van der Waals surface area contributed by atoms with Crippen molar-refractivity contribution in [1.82, 2.24) is 10.2 Å². The van der Waals surface area contributed by atoms with Gasteiger partial charge in [0.05, 0.1) is 16.2 Å². The number of halogens is 1. The number of likely N-dealkylation sites (tertiary alicyclic amines) is 1. The van der Waals surface area contributed by atoms with E-state index in [1.54, 1.807) is 0 Å². The third-order valence-corrected chi connectivity index (χ3v) is 9.23. The molecule has 2 aromatic carbocycles. The summed E-state index contributed by atoms with van der Waals surface area (Å²) in [6.07, 6.45) is 5.36. The summed E-state index contributed by atoms with van der Waals surface area (Å²) in [4.78, 5) is 41.3. The average Bonchev–Trinajstić information content (AvgIpc) is 3.06. The average molecular weight is 493 g/mol. The Bertz CT molecular complexity index is 1090. The second-order valence-electron chi connectivity index (χ2n) is 9.53. The van der Waals surface area contributed by atoms with E-state index in [1.165, 1.54) is 11.3 Å². The van der Waals surface area contributed by atoms with Crippen LogP contribution in [0.5, 0.6) is 0 Å². The van der Waals surface area contributed by atoms with E-state index in [2.05, 4.69) is 45.5 Å². The minimum absolute atomic E-state index is 0.151. The summed E-state index contributed by atoms with van der Waals surface area (Å²) < 4.78 is -0.763. The number of hydrogen-bond donors (Lipinski definition) is 1. The van der Waals surface area contributed by atoms with Crippen molar-refractivity contribution in [2.24, 2.45) is 11.8 Å². The van der Waals surface area contributed by atoms with E-state index in [1.807, 2.05) is 24.3 Å². The Morgan fingerprint density at radius 3 is 2.16 bits per heavy atom. The maximum Gasteiger partial charge on any atom is 0.240 e. The van der Waals surface area contributed by atoms with Gasteiger partial charge in [0.15, 0.2) is 0 Å². The first kappa shape index (κ1) is 20.2. The first-order valence-electron chi connectivity index (χ1n) is 11.5. The minimum Gasteiger partial charge on any atom is -0.352 e. The van der Waals surface area contributed by atoms with Crippen molar-refractivity contribution in [3.05, 3.63) is 70.8 Å². The second kappa shape index (κ2) is 7.27. The standard InChI is InChI=1S/C26H25BrN2O3/c27-26-18-12-6-4-10-16(18)21(17-11-5-7-13-19(17)26)22-23(26)25(32)29(24(22)31)14-20(30)28-15-8-2-1-3-9-15/h4-7,10-13,15,21-23H,1-3,8-9,14H2,(H,28,30)/t21?,22-,23-,26?/m1/s1. The summed E-state index contributed by atoms with van der Waals surface area (Å²) in [5, 5.41) is 3.05. The first-order chi connectivity index (χ1) is 15.5. The molecule has 2 atom stereocenters. The number of imide groups is 1. The highest BCUT2D eigenvalue weighted by Crippen LogP contribution is 2.66. The van der Waals surface area contributed by atoms with E-state index in [0.29, 0.717) is 0 Å². The molecule has 1 heterocycles. The zero-order valence-electron chi connectivity index (χ0n) is 17.7. The summed E-state index contributed by atoms with van der Waals surface area (Å²) in [6, 6.07) is 16.3. The maximum absolute atomic E-state index is 13.7. The number of alkyl halides is 1. The van der Waals surface area contributed by atoms with Gasteiger partial charge in [-0.15, -0.1) is 0 Å². The SMILES string of the molecule is O=C(CN1C(=O)[C@@H]2C3c4ccccc4C(Br)(c4ccccc43)[C@H]2C1=O)NC1CCCCC1. The lowest BCUT2D eigenvalue weighted by atomic mass is 9.55. The molecule has 5 nitrogen and oxygen atoms in total. The van der Waals surface area contributed by atoms with Crippen LogP contribution in [-0.2, 0) is 18.7 Å². The van der Waals surface area contributed by atoms with Gasteiger partial charge in [-0.2, -0.15) is 0 Å². The molecule has 2 fully saturated rings. The second-order valence-corrected chi connectivity index (χ2v) is 10.8. The molecule has 1 saturated heterocycles. The largest absolute Gasteiger partial charge is 0.352 e. The zero-order chi connectivity index (χ0) is 22.0. The predicted octanol–water partition coefficient (Wildman–Crippen LogP) is 3.83.